The standard InChI is InChI=1S/C9H7BrFNOS/c1-5(13)14-8-3-2-7(11)9(10)6(8)4-12/h2-3,13-14H,1H3. The van der Waals surface area contributed by atoms with Gasteiger partial charge in [0.15, 0.2) is 0 Å². The van der Waals surface area contributed by atoms with Crippen LogP contribution in [0.4, 0.5) is 4.39 Å². The molecule has 0 aliphatic heterocycles. The van der Waals surface area contributed by atoms with E-state index in [1.54, 1.807) is 0 Å². The Bertz CT molecular complexity index is 435. The number of hydrogen-bond donors (Lipinski definition) is 2. The van der Waals surface area contributed by atoms with Gasteiger partial charge in [0.05, 0.1) is 15.1 Å². The Morgan fingerprint density at radius 3 is 2.79 bits per heavy atom. The van der Waals surface area contributed by atoms with Crippen molar-refractivity contribution in [1.29, 1.82) is 5.26 Å². The number of benzene rings is 1. The van der Waals surface area contributed by atoms with Crippen molar-refractivity contribution < 1.29 is 9.50 Å². The van der Waals surface area contributed by atoms with Gasteiger partial charge in [0.2, 0.25) is 0 Å². The number of aliphatic hydroxyl groups excluding tert-OH is 1. The summed E-state index contributed by atoms with van der Waals surface area (Å²) in [4.78, 5) is 0.584. The first-order valence-corrected chi connectivity index (χ1v) is 5.37. The van der Waals surface area contributed by atoms with E-state index in [2.05, 4.69) is 15.9 Å². The van der Waals surface area contributed by atoms with E-state index < -0.39 is 5.82 Å². The Balaban J connectivity index is 3.41. The molecule has 74 valence electrons. The summed E-state index contributed by atoms with van der Waals surface area (Å²) >= 11 is 3.51. The summed E-state index contributed by atoms with van der Waals surface area (Å²) in [5.74, 6) is -0.476. The molecule has 1 rings (SSSR count). The monoisotopic (exact) mass is 275 g/mol. The lowest BCUT2D eigenvalue weighted by Gasteiger charge is -2.02. The number of nitriles is 1. The van der Waals surface area contributed by atoms with Gasteiger partial charge in [-0.3, -0.25) is 0 Å². The highest BCUT2D eigenvalue weighted by Crippen LogP contribution is 2.27. The molecule has 5 heteroatoms. The van der Waals surface area contributed by atoms with Crippen LogP contribution in [0.5, 0.6) is 0 Å². The molecular formula is C9H7BrFNOS. The fraction of sp³-hybridized carbons (Fsp3) is 0.111. The summed E-state index contributed by atoms with van der Waals surface area (Å²) in [5, 5.41) is 18.0. The van der Waals surface area contributed by atoms with Gasteiger partial charge in [-0.15, -0.1) is 11.4 Å². The van der Waals surface area contributed by atoms with Crippen LogP contribution in [0.3, 0.4) is 0 Å². The quantitative estimate of drug-likeness (QED) is 0.611. The molecule has 0 amide bonds. The van der Waals surface area contributed by atoms with E-state index >= 15 is 0 Å². The predicted octanol–water partition coefficient (Wildman–Crippen LogP) is 2.99. The zero-order valence-electron chi connectivity index (χ0n) is 7.25. The molecule has 0 atom stereocenters. The van der Waals surface area contributed by atoms with Gasteiger partial charge in [0, 0.05) is 4.90 Å². The number of thiol groups is 1. The number of rotatable bonds is 1. The normalized spacial score (nSPS) is 11.8. The minimum absolute atomic E-state index is 0.145. The summed E-state index contributed by atoms with van der Waals surface area (Å²) in [6.07, 6.45) is 0. The molecule has 0 saturated heterocycles. The van der Waals surface area contributed by atoms with Crippen LogP contribution in [0.25, 0.3) is 0 Å². The van der Waals surface area contributed by atoms with Gasteiger partial charge in [-0.2, -0.15) is 5.26 Å². The lowest BCUT2D eigenvalue weighted by molar-refractivity contribution is 0.564. The average Bonchev–Trinajstić information content (AvgIpc) is 2.11. The van der Waals surface area contributed by atoms with Gasteiger partial charge in [-0.05, 0) is 35.0 Å². The Morgan fingerprint density at radius 2 is 2.29 bits per heavy atom. The van der Waals surface area contributed by atoms with Gasteiger partial charge in [-0.1, -0.05) is 0 Å². The van der Waals surface area contributed by atoms with Crippen molar-refractivity contribution in [3.8, 4) is 6.07 Å². The molecule has 0 aliphatic carbocycles. The van der Waals surface area contributed by atoms with Crippen molar-refractivity contribution in [1.82, 2.24) is 0 Å². The maximum Gasteiger partial charge on any atom is 0.138 e. The smallest absolute Gasteiger partial charge is 0.138 e. The molecule has 0 aliphatic rings. The molecule has 2 nitrogen and oxygen atoms in total. The molecular weight excluding hydrogens is 269 g/mol. The van der Waals surface area contributed by atoms with E-state index in [-0.39, 0.29) is 15.1 Å². The van der Waals surface area contributed by atoms with Crippen LogP contribution in [0.2, 0.25) is 0 Å². The number of aliphatic hydroxyl groups is 1. The van der Waals surface area contributed by atoms with Crippen LogP contribution >= 0.6 is 27.3 Å². The first kappa shape index (κ1) is 11.4. The van der Waals surface area contributed by atoms with Gasteiger partial charge in [0.1, 0.15) is 11.9 Å². The van der Waals surface area contributed by atoms with E-state index in [0.717, 1.165) is 0 Å². The molecule has 0 fully saturated rings. The molecule has 1 aromatic rings. The lowest BCUT2D eigenvalue weighted by Crippen LogP contribution is -1.88. The van der Waals surface area contributed by atoms with Crippen LogP contribution < -0.4 is 0 Å². The van der Waals surface area contributed by atoms with E-state index in [1.807, 2.05) is 6.07 Å². The van der Waals surface area contributed by atoms with Crippen molar-refractivity contribution in [3.05, 3.63) is 28.0 Å². The zero-order valence-corrected chi connectivity index (χ0v) is 9.73. The van der Waals surface area contributed by atoms with Crippen molar-refractivity contribution >= 4 is 32.3 Å². The fourth-order valence-electron chi connectivity index (χ4n) is 0.914. The minimum Gasteiger partial charge on any atom is -0.360 e. The summed E-state index contributed by atoms with van der Waals surface area (Å²) in [6.45, 7) is 1.53. The third-order valence-electron chi connectivity index (χ3n) is 1.47. The van der Waals surface area contributed by atoms with E-state index in [9.17, 15) is 4.39 Å². The van der Waals surface area contributed by atoms with Crippen LogP contribution in [-0.4, -0.2) is 10.2 Å². The van der Waals surface area contributed by atoms with Gasteiger partial charge >= 0.3 is 0 Å². The number of halogens is 2. The lowest BCUT2D eigenvalue weighted by atomic mass is 10.2. The van der Waals surface area contributed by atoms with Crippen LogP contribution in [0.1, 0.15) is 12.5 Å². The molecule has 1 N–H and O–H groups in total. The molecule has 0 bridgehead atoms. The van der Waals surface area contributed by atoms with Crippen molar-refractivity contribution in [2.45, 2.75) is 11.8 Å². The molecule has 0 spiro atoms. The first-order valence-electron chi connectivity index (χ1n) is 3.68. The van der Waals surface area contributed by atoms with Crippen molar-refractivity contribution in [2.24, 2.45) is 0 Å². The highest BCUT2D eigenvalue weighted by atomic mass is 79.9. The minimum atomic E-state index is -0.476. The Kier molecular flexibility index (Phi) is 3.81. The van der Waals surface area contributed by atoms with E-state index in [4.69, 9.17) is 10.4 Å². The zero-order chi connectivity index (χ0) is 10.7. The highest BCUT2D eigenvalue weighted by Gasteiger charge is 2.09. The van der Waals surface area contributed by atoms with E-state index in [0.29, 0.717) is 16.2 Å². The number of hydrogen-bond acceptors (Lipinski definition) is 1. The molecule has 0 radical (unpaired) electrons. The molecule has 0 unspecified atom stereocenters. The second-order valence-corrected chi connectivity index (χ2v) is 4.67. The van der Waals surface area contributed by atoms with Gasteiger partial charge < -0.3 is 5.11 Å². The average molecular weight is 276 g/mol. The predicted molar refractivity (Wildman–Crippen MR) is 59.4 cm³/mol. The Hall–Kier alpha value is -0.700. The van der Waals surface area contributed by atoms with Gasteiger partial charge in [-0.25, -0.2) is 4.39 Å². The summed E-state index contributed by atoms with van der Waals surface area (Å²) in [6, 6.07) is 4.64. The second-order valence-electron chi connectivity index (χ2n) is 2.53. The SMILES string of the molecule is CC(O)=[SH]c1ccc(F)c(Br)c1C#N. The topological polar surface area (TPSA) is 44.0 Å². The summed E-state index contributed by atoms with van der Waals surface area (Å²) in [7, 11) is 0. The van der Waals surface area contributed by atoms with E-state index in [1.165, 1.54) is 19.1 Å². The molecule has 0 saturated carbocycles. The number of nitrogens with zero attached hydrogens (tertiary/aromatic N) is 1. The second kappa shape index (κ2) is 4.69. The third-order valence-corrected chi connectivity index (χ3v) is 3.18. The van der Waals surface area contributed by atoms with Gasteiger partial charge in [0.25, 0.3) is 0 Å². The highest BCUT2D eigenvalue weighted by molar-refractivity contribution is 9.10. The molecule has 0 aromatic heterocycles. The van der Waals surface area contributed by atoms with Crippen LogP contribution in [0, 0.1) is 17.1 Å². The van der Waals surface area contributed by atoms with Crippen molar-refractivity contribution in [3.63, 3.8) is 0 Å². The molecule has 14 heavy (non-hydrogen) atoms. The van der Waals surface area contributed by atoms with Crippen LogP contribution in [-0.2, 0) is 0 Å². The summed E-state index contributed by atoms with van der Waals surface area (Å²) < 4.78 is 13.2. The largest absolute Gasteiger partial charge is 0.360 e. The Labute approximate surface area is 93.1 Å². The molecule has 0 heterocycles. The van der Waals surface area contributed by atoms with Crippen molar-refractivity contribution in [2.75, 3.05) is 0 Å². The first-order chi connectivity index (χ1) is 6.56. The fourth-order valence-corrected chi connectivity index (χ4v) is 2.27. The summed E-state index contributed by atoms with van der Waals surface area (Å²) in [5.41, 5.74) is 0.222. The Morgan fingerprint density at radius 1 is 1.64 bits per heavy atom. The molecule has 1 aromatic carbocycles. The maximum atomic E-state index is 13.0. The maximum absolute atomic E-state index is 13.0. The van der Waals surface area contributed by atoms with Crippen LogP contribution in [0.15, 0.2) is 21.5 Å². The third kappa shape index (κ3) is 2.41.